The molecule has 6 nitrogen and oxygen atoms in total. The molecule has 3 aromatic rings. The average molecular weight is 238 g/mol. The van der Waals surface area contributed by atoms with E-state index in [0.717, 1.165) is 11.4 Å². The minimum absolute atomic E-state index is 0.566. The topological polar surface area (TPSA) is 71.8 Å². The van der Waals surface area contributed by atoms with E-state index >= 15 is 0 Å². The summed E-state index contributed by atoms with van der Waals surface area (Å²) in [7, 11) is 1.88. The van der Waals surface area contributed by atoms with Crippen molar-refractivity contribution < 1.29 is 0 Å². The monoisotopic (exact) mass is 238 g/mol. The largest absolute Gasteiger partial charge is 0.280 e. The first kappa shape index (κ1) is 10.5. The SMILES string of the molecule is Cc1cc(-c2nnc3ccc(C#N)cn23)nn1C. The van der Waals surface area contributed by atoms with Gasteiger partial charge in [-0.1, -0.05) is 0 Å². The number of rotatable bonds is 1. The minimum atomic E-state index is 0.566. The van der Waals surface area contributed by atoms with Gasteiger partial charge in [-0.05, 0) is 25.1 Å². The minimum Gasteiger partial charge on any atom is -0.280 e. The molecular weight excluding hydrogens is 228 g/mol. The van der Waals surface area contributed by atoms with Crippen LogP contribution in [0.1, 0.15) is 11.3 Å². The molecule has 0 atom stereocenters. The van der Waals surface area contributed by atoms with Crippen LogP contribution in [0.5, 0.6) is 0 Å². The molecule has 0 aliphatic rings. The fourth-order valence-corrected chi connectivity index (χ4v) is 1.80. The Morgan fingerprint density at radius 2 is 2.11 bits per heavy atom. The molecule has 0 N–H and O–H groups in total. The highest BCUT2D eigenvalue weighted by Crippen LogP contribution is 2.18. The smallest absolute Gasteiger partial charge is 0.188 e. The molecular formula is C12H10N6. The highest BCUT2D eigenvalue weighted by Gasteiger charge is 2.12. The van der Waals surface area contributed by atoms with Gasteiger partial charge in [-0.15, -0.1) is 10.2 Å². The van der Waals surface area contributed by atoms with E-state index in [4.69, 9.17) is 5.26 Å². The van der Waals surface area contributed by atoms with Crippen LogP contribution < -0.4 is 0 Å². The first-order valence-corrected chi connectivity index (χ1v) is 5.45. The summed E-state index contributed by atoms with van der Waals surface area (Å²) in [6, 6.07) is 7.53. The van der Waals surface area contributed by atoms with Crippen molar-refractivity contribution in [3.8, 4) is 17.6 Å². The molecule has 0 aromatic carbocycles. The second kappa shape index (κ2) is 3.67. The summed E-state index contributed by atoms with van der Waals surface area (Å²) in [6.45, 7) is 1.97. The van der Waals surface area contributed by atoms with Crippen LogP contribution in [0.15, 0.2) is 24.4 Å². The van der Waals surface area contributed by atoms with E-state index in [9.17, 15) is 0 Å². The van der Waals surface area contributed by atoms with Crippen LogP contribution in [-0.2, 0) is 7.05 Å². The molecule has 0 saturated heterocycles. The molecule has 18 heavy (non-hydrogen) atoms. The van der Waals surface area contributed by atoms with Crippen LogP contribution in [-0.4, -0.2) is 24.4 Å². The zero-order chi connectivity index (χ0) is 12.7. The van der Waals surface area contributed by atoms with Gasteiger partial charge >= 0.3 is 0 Å². The maximum Gasteiger partial charge on any atom is 0.188 e. The second-order valence-corrected chi connectivity index (χ2v) is 4.08. The van der Waals surface area contributed by atoms with Crippen molar-refractivity contribution >= 4 is 5.65 Å². The lowest BCUT2D eigenvalue weighted by molar-refractivity contribution is 0.740. The number of hydrogen-bond acceptors (Lipinski definition) is 4. The molecule has 0 aliphatic heterocycles. The maximum atomic E-state index is 8.92. The van der Waals surface area contributed by atoms with Gasteiger partial charge in [0, 0.05) is 18.9 Å². The molecule has 0 unspecified atom stereocenters. The van der Waals surface area contributed by atoms with Gasteiger partial charge in [-0.2, -0.15) is 10.4 Å². The lowest BCUT2D eigenvalue weighted by Crippen LogP contribution is -1.94. The average Bonchev–Trinajstić information content (AvgIpc) is 2.93. The summed E-state index contributed by atoms with van der Waals surface area (Å²) in [5.41, 5.74) is 3.05. The van der Waals surface area contributed by atoms with E-state index < -0.39 is 0 Å². The third kappa shape index (κ3) is 1.45. The number of pyridine rings is 1. The van der Waals surface area contributed by atoms with Crippen LogP contribution in [0.3, 0.4) is 0 Å². The Labute approximate surface area is 103 Å². The number of aryl methyl sites for hydroxylation is 2. The quantitative estimate of drug-likeness (QED) is 0.640. The van der Waals surface area contributed by atoms with Gasteiger partial charge in [0.05, 0.1) is 5.56 Å². The third-order valence-electron chi connectivity index (χ3n) is 2.87. The Kier molecular flexibility index (Phi) is 2.13. The van der Waals surface area contributed by atoms with Crippen LogP contribution in [0.4, 0.5) is 0 Å². The molecule has 3 heterocycles. The number of nitriles is 1. The molecule has 0 fully saturated rings. The lowest BCUT2D eigenvalue weighted by atomic mass is 10.3. The Hall–Kier alpha value is -2.68. The zero-order valence-electron chi connectivity index (χ0n) is 9.99. The lowest BCUT2D eigenvalue weighted by Gasteiger charge is -1.96. The molecule has 0 amide bonds. The molecule has 88 valence electrons. The summed E-state index contributed by atoms with van der Waals surface area (Å²) in [6.07, 6.45) is 1.72. The number of nitrogens with zero attached hydrogens (tertiary/aromatic N) is 6. The fraction of sp³-hybridized carbons (Fsp3) is 0.167. The van der Waals surface area contributed by atoms with Gasteiger partial charge < -0.3 is 0 Å². The fourth-order valence-electron chi connectivity index (χ4n) is 1.80. The van der Waals surface area contributed by atoms with E-state index in [1.54, 1.807) is 27.4 Å². The number of hydrogen-bond donors (Lipinski definition) is 0. The molecule has 6 heteroatoms. The van der Waals surface area contributed by atoms with Crippen LogP contribution in [0, 0.1) is 18.3 Å². The van der Waals surface area contributed by atoms with E-state index in [1.165, 1.54) is 0 Å². The van der Waals surface area contributed by atoms with E-state index in [0.29, 0.717) is 17.0 Å². The Bertz CT molecular complexity index is 754. The van der Waals surface area contributed by atoms with Crippen molar-refractivity contribution in [3.05, 3.63) is 35.7 Å². The molecule has 3 aromatic heterocycles. The van der Waals surface area contributed by atoms with Crippen molar-refractivity contribution in [3.63, 3.8) is 0 Å². The predicted molar refractivity (Wildman–Crippen MR) is 64.6 cm³/mol. The first-order chi connectivity index (χ1) is 8.69. The Balaban J connectivity index is 2.26. The van der Waals surface area contributed by atoms with Gasteiger partial charge in [-0.25, -0.2) is 0 Å². The van der Waals surface area contributed by atoms with Gasteiger partial charge in [0.1, 0.15) is 11.8 Å². The van der Waals surface area contributed by atoms with Gasteiger partial charge in [-0.3, -0.25) is 9.08 Å². The normalized spacial score (nSPS) is 10.7. The first-order valence-electron chi connectivity index (χ1n) is 5.45. The Morgan fingerprint density at radius 3 is 2.78 bits per heavy atom. The number of aromatic nitrogens is 5. The second-order valence-electron chi connectivity index (χ2n) is 4.08. The maximum absolute atomic E-state index is 8.92. The molecule has 0 radical (unpaired) electrons. The van der Waals surface area contributed by atoms with Crippen molar-refractivity contribution in [2.45, 2.75) is 6.92 Å². The summed E-state index contributed by atoms with van der Waals surface area (Å²) < 4.78 is 3.56. The van der Waals surface area contributed by atoms with Gasteiger partial charge in [0.25, 0.3) is 0 Å². The predicted octanol–water partition coefficient (Wildman–Crippen LogP) is 1.31. The third-order valence-corrected chi connectivity index (χ3v) is 2.87. The van der Waals surface area contributed by atoms with E-state index in [-0.39, 0.29) is 0 Å². The Morgan fingerprint density at radius 1 is 1.28 bits per heavy atom. The summed E-state index contributed by atoms with van der Waals surface area (Å²) >= 11 is 0. The standard InChI is InChI=1S/C12H10N6/c1-8-5-10(16-17(8)2)12-15-14-11-4-3-9(6-13)7-18(11)12/h3-5,7H,1-2H3. The molecule has 3 rings (SSSR count). The van der Waals surface area contributed by atoms with Crippen LogP contribution in [0.25, 0.3) is 17.2 Å². The van der Waals surface area contributed by atoms with E-state index in [1.807, 2.05) is 20.0 Å². The number of fused-ring (bicyclic) bond motifs is 1. The van der Waals surface area contributed by atoms with Crippen molar-refractivity contribution in [2.75, 3.05) is 0 Å². The van der Waals surface area contributed by atoms with Crippen molar-refractivity contribution in [1.82, 2.24) is 24.4 Å². The summed E-state index contributed by atoms with van der Waals surface area (Å²) in [5, 5.41) is 21.5. The van der Waals surface area contributed by atoms with Gasteiger partial charge in [0.15, 0.2) is 11.5 Å². The van der Waals surface area contributed by atoms with Crippen LogP contribution >= 0.6 is 0 Å². The molecule has 0 spiro atoms. The van der Waals surface area contributed by atoms with Crippen LogP contribution in [0.2, 0.25) is 0 Å². The summed E-state index contributed by atoms with van der Waals surface area (Å²) in [5.74, 6) is 0.644. The van der Waals surface area contributed by atoms with Crippen molar-refractivity contribution in [2.24, 2.45) is 7.05 Å². The van der Waals surface area contributed by atoms with Crippen molar-refractivity contribution in [1.29, 1.82) is 5.26 Å². The summed E-state index contributed by atoms with van der Waals surface area (Å²) in [4.78, 5) is 0. The highest BCUT2D eigenvalue weighted by molar-refractivity contribution is 5.56. The highest BCUT2D eigenvalue weighted by atomic mass is 15.3. The van der Waals surface area contributed by atoms with Gasteiger partial charge in [0.2, 0.25) is 0 Å². The molecule has 0 aliphatic carbocycles. The molecule has 0 saturated carbocycles. The van der Waals surface area contributed by atoms with E-state index in [2.05, 4.69) is 21.4 Å². The zero-order valence-corrected chi connectivity index (χ0v) is 9.99. The molecule has 0 bridgehead atoms.